The Labute approximate surface area is 148 Å². The minimum absolute atomic E-state index is 0.0235. The number of hydrogen-bond donors (Lipinski definition) is 0. The lowest BCUT2D eigenvalue weighted by Gasteiger charge is -2.29. The van der Waals surface area contributed by atoms with E-state index in [0.717, 1.165) is 5.56 Å². The molecule has 1 saturated heterocycles. The number of rotatable bonds is 6. The first kappa shape index (κ1) is 18.8. The van der Waals surface area contributed by atoms with Gasteiger partial charge >= 0.3 is 5.97 Å². The van der Waals surface area contributed by atoms with E-state index in [1.54, 1.807) is 16.7 Å². The highest BCUT2D eigenvalue weighted by molar-refractivity contribution is 7.99. The van der Waals surface area contributed by atoms with Crippen LogP contribution in [-0.2, 0) is 14.3 Å². The summed E-state index contributed by atoms with van der Waals surface area (Å²) in [5, 5.41) is -0.117. The normalized spacial score (nSPS) is 20.7. The Kier molecular flexibility index (Phi) is 6.72. The van der Waals surface area contributed by atoms with Gasteiger partial charge in [0.1, 0.15) is 11.4 Å². The van der Waals surface area contributed by atoms with Crippen LogP contribution in [0.5, 0.6) is 0 Å². The molecule has 1 heterocycles. The fourth-order valence-corrected chi connectivity index (χ4v) is 4.10. The molecule has 1 fully saturated rings. The fraction of sp³-hybridized carbons (Fsp3) is 0.579. The second kappa shape index (κ2) is 8.56. The van der Waals surface area contributed by atoms with Crippen LogP contribution in [0.25, 0.3) is 0 Å². The molecule has 1 aromatic rings. The molecule has 1 aliphatic heterocycles. The van der Waals surface area contributed by atoms with Gasteiger partial charge in [-0.25, -0.2) is 4.79 Å². The van der Waals surface area contributed by atoms with Crippen molar-refractivity contribution in [3.63, 3.8) is 0 Å². The number of nitrogens with zero attached hydrogens (tertiary/aromatic N) is 1. The SMILES string of the molecule is CC(C)COC(=O)[C@@H]1CS[C@@H](c2ccccc2)N1C(=O)CC(C)C. The van der Waals surface area contributed by atoms with Crippen molar-refractivity contribution in [2.45, 2.75) is 45.5 Å². The number of esters is 1. The molecule has 1 aromatic carbocycles. The largest absolute Gasteiger partial charge is 0.464 e. The van der Waals surface area contributed by atoms with Crippen LogP contribution in [-0.4, -0.2) is 35.2 Å². The summed E-state index contributed by atoms with van der Waals surface area (Å²) in [6, 6.07) is 9.41. The molecular weight excluding hydrogens is 322 g/mol. The van der Waals surface area contributed by atoms with Crippen molar-refractivity contribution in [2.24, 2.45) is 11.8 Å². The van der Waals surface area contributed by atoms with Gasteiger partial charge in [-0.1, -0.05) is 58.0 Å². The summed E-state index contributed by atoms with van der Waals surface area (Å²) in [6.45, 7) is 8.44. The molecule has 0 saturated carbocycles. The molecule has 0 aliphatic carbocycles. The zero-order valence-corrected chi connectivity index (χ0v) is 15.7. The van der Waals surface area contributed by atoms with Crippen molar-refractivity contribution in [3.8, 4) is 0 Å². The molecular formula is C19H27NO3S. The third-order valence-corrected chi connectivity index (χ3v) is 5.11. The van der Waals surface area contributed by atoms with Gasteiger partial charge in [-0.15, -0.1) is 11.8 Å². The zero-order chi connectivity index (χ0) is 17.7. The van der Waals surface area contributed by atoms with Gasteiger partial charge in [-0.3, -0.25) is 4.79 Å². The Hall–Kier alpha value is -1.49. The van der Waals surface area contributed by atoms with Crippen LogP contribution in [0.2, 0.25) is 0 Å². The summed E-state index contributed by atoms with van der Waals surface area (Å²) in [5.74, 6) is 0.863. The van der Waals surface area contributed by atoms with Crippen molar-refractivity contribution in [1.29, 1.82) is 0 Å². The van der Waals surface area contributed by atoms with E-state index in [1.165, 1.54) is 0 Å². The van der Waals surface area contributed by atoms with Crippen molar-refractivity contribution in [2.75, 3.05) is 12.4 Å². The fourth-order valence-electron chi connectivity index (χ4n) is 2.67. The standard InChI is InChI=1S/C19H27NO3S/c1-13(2)10-17(21)20-16(19(22)23-11-14(3)4)12-24-18(20)15-8-6-5-7-9-15/h5-9,13-14,16,18H,10-12H2,1-4H3/t16-,18-/m0/s1. The Morgan fingerprint density at radius 2 is 1.83 bits per heavy atom. The van der Waals surface area contributed by atoms with Crippen LogP contribution in [0.4, 0.5) is 0 Å². The molecule has 0 radical (unpaired) electrons. The monoisotopic (exact) mass is 349 g/mol. The predicted molar refractivity (Wildman–Crippen MR) is 97.5 cm³/mol. The lowest BCUT2D eigenvalue weighted by Crippen LogP contribution is -2.44. The molecule has 0 N–H and O–H groups in total. The average molecular weight is 349 g/mol. The second-order valence-electron chi connectivity index (χ2n) is 7.04. The van der Waals surface area contributed by atoms with E-state index in [0.29, 0.717) is 18.8 Å². The number of thioether (sulfide) groups is 1. The number of ether oxygens (including phenoxy) is 1. The summed E-state index contributed by atoms with van der Waals surface area (Å²) < 4.78 is 5.41. The molecule has 1 amide bonds. The predicted octanol–water partition coefficient (Wildman–Crippen LogP) is 3.87. The van der Waals surface area contributed by atoms with Crippen LogP contribution in [0.3, 0.4) is 0 Å². The minimum Gasteiger partial charge on any atom is -0.464 e. The van der Waals surface area contributed by atoms with E-state index in [2.05, 4.69) is 0 Å². The number of carbonyl (C=O) groups is 2. The molecule has 0 spiro atoms. The zero-order valence-electron chi connectivity index (χ0n) is 14.9. The third-order valence-electron chi connectivity index (χ3n) is 3.79. The average Bonchev–Trinajstić information content (AvgIpc) is 2.98. The van der Waals surface area contributed by atoms with Gasteiger partial charge < -0.3 is 9.64 Å². The Bertz CT molecular complexity index is 559. The summed E-state index contributed by atoms with van der Waals surface area (Å²) in [5.41, 5.74) is 1.05. The van der Waals surface area contributed by atoms with E-state index < -0.39 is 6.04 Å². The van der Waals surface area contributed by atoms with Gasteiger partial charge in [0, 0.05) is 12.2 Å². The molecule has 2 atom stereocenters. The van der Waals surface area contributed by atoms with Gasteiger partial charge in [-0.2, -0.15) is 0 Å². The van der Waals surface area contributed by atoms with Crippen molar-refractivity contribution < 1.29 is 14.3 Å². The Morgan fingerprint density at radius 3 is 2.42 bits per heavy atom. The van der Waals surface area contributed by atoms with Crippen molar-refractivity contribution in [3.05, 3.63) is 35.9 Å². The highest BCUT2D eigenvalue weighted by atomic mass is 32.2. The lowest BCUT2D eigenvalue weighted by molar-refractivity contribution is -0.155. The van der Waals surface area contributed by atoms with E-state index >= 15 is 0 Å². The van der Waals surface area contributed by atoms with Crippen molar-refractivity contribution >= 4 is 23.6 Å². The quantitative estimate of drug-likeness (QED) is 0.731. The van der Waals surface area contributed by atoms with E-state index in [-0.39, 0.29) is 29.1 Å². The Morgan fingerprint density at radius 1 is 1.17 bits per heavy atom. The molecule has 2 rings (SSSR count). The van der Waals surface area contributed by atoms with Gasteiger partial charge in [-0.05, 0) is 17.4 Å². The van der Waals surface area contributed by atoms with E-state index in [9.17, 15) is 9.59 Å². The number of benzene rings is 1. The van der Waals surface area contributed by atoms with Gasteiger partial charge in [0.2, 0.25) is 5.91 Å². The summed E-state index contributed by atoms with van der Waals surface area (Å²) >= 11 is 1.63. The number of hydrogen-bond acceptors (Lipinski definition) is 4. The summed E-state index contributed by atoms with van der Waals surface area (Å²) in [7, 11) is 0. The second-order valence-corrected chi connectivity index (χ2v) is 8.15. The van der Waals surface area contributed by atoms with Crippen LogP contribution < -0.4 is 0 Å². The number of amides is 1. The lowest BCUT2D eigenvalue weighted by atomic mass is 10.1. The number of carbonyl (C=O) groups excluding carboxylic acids is 2. The highest BCUT2D eigenvalue weighted by Crippen LogP contribution is 2.42. The molecule has 0 unspecified atom stereocenters. The van der Waals surface area contributed by atoms with Gasteiger partial charge in [0.05, 0.1) is 6.61 Å². The molecule has 5 heteroatoms. The maximum atomic E-state index is 12.8. The van der Waals surface area contributed by atoms with E-state index in [1.807, 2.05) is 58.0 Å². The summed E-state index contributed by atoms with van der Waals surface area (Å²) in [4.78, 5) is 27.0. The van der Waals surface area contributed by atoms with Crippen LogP contribution >= 0.6 is 11.8 Å². The highest BCUT2D eigenvalue weighted by Gasteiger charge is 2.43. The molecule has 24 heavy (non-hydrogen) atoms. The first-order chi connectivity index (χ1) is 11.4. The van der Waals surface area contributed by atoms with E-state index in [4.69, 9.17) is 4.74 Å². The molecule has 132 valence electrons. The molecule has 0 aromatic heterocycles. The maximum absolute atomic E-state index is 12.8. The van der Waals surface area contributed by atoms with Gasteiger partial charge in [0.15, 0.2) is 0 Å². The van der Waals surface area contributed by atoms with Crippen LogP contribution in [0, 0.1) is 11.8 Å². The maximum Gasteiger partial charge on any atom is 0.329 e. The topological polar surface area (TPSA) is 46.6 Å². The van der Waals surface area contributed by atoms with Gasteiger partial charge in [0.25, 0.3) is 0 Å². The minimum atomic E-state index is -0.495. The van der Waals surface area contributed by atoms with Crippen LogP contribution in [0.1, 0.15) is 45.1 Å². The third kappa shape index (κ3) is 4.76. The first-order valence-corrected chi connectivity index (χ1v) is 9.59. The molecule has 1 aliphatic rings. The smallest absolute Gasteiger partial charge is 0.329 e. The Balaban J connectivity index is 2.20. The van der Waals surface area contributed by atoms with Crippen LogP contribution in [0.15, 0.2) is 30.3 Å². The summed E-state index contributed by atoms with van der Waals surface area (Å²) in [6.07, 6.45) is 0.442. The first-order valence-electron chi connectivity index (χ1n) is 8.54. The van der Waals surface area contributed by atoms with Crippen molar-refractivity contribution in [1.82, 2.24) is 4.90 Å². The molecule has 4 nitrogen and oxygen atoms in total. The molecule has 0 bridgehead atoms.